The Kier molecular flexibility index (Phi) is 8.11. The molecule has 0 aliphatic carbocycles. The highest BCUT2D eigenvalue weighted by atomic mass is 16.6. The highest BCUT2D eigenvalue weighted by Gasteiger charge is 2.33. The van der Waals surface area contributed by atoms with Crippen molar-refractivity contribution in [2.45, 2.75) is 59.0 Å². The predicted octanol–water partition coefficient (Wildman–Crippen LogP) is 2.32. The third-order valence-electron chi connectivity index (χ3n) is 2.44. The van der Waals surface area contributed by atoms with Crippen molar-refractivity contribution in [2.24, 2.45) is 5.73 Å². The van der Waals surface area contributed by atoms with Crippen LogP contribution in [0.2, 0.25) is 0 Å². The van der Waals surface area contributed by atoms with Gasteiger partial charge in [-0.1, -0.05) is 26.8 Å². The van der Waals surface area contributed by atoms with Crippen molar-refractivity contribution in [3.63, 3.8) is 0 Å². The number of allylic oxidation sites excluding steroid dienone is 1. The average Bonchev–Trinajstić information content (AvgIpc) is 2.32. The Morgan fingerprint density at radius 3 is 2.53 bits per heavy atom. The molecule has 0 spiro atoms. The summed E-state index contributed by atoms with van der Waals surface area (Å²) in [5.74, 6) is -0.464. The molecule has 1 rings (SSSR count). The maximum absolute atomic E-state index is 11.0. The van der Waals surface area contributed by atoms with Gasteiger partial charge in [-0.15, -0.1) is 0 Å². The van der Waals surface area contributed by atoms with Gasteiger partial charge in [0, 0.05) is 6.42 Å². The first-order valence-electron chi connectivity index (χ1n) is 6.34. The summed E-state index contributed by atoms with van der Waals surface area (Å²) in [6.45, 7) is 5.98. The standard InChI is InChI=1S/C11H17NO3.C2H6/c1-2-9-8(11(14)15-9)6-4-3-5-7-10(12)13;1-2/h6,9H,2-5,7H2,1H3,(H2,12,13);1-2H3/b8-6+;. The second kappa shape index (κ2) is 8.79. The smallest absolute Gasteiger partial charge is 0.338 e. The molecule has 1 amide bonds. The van der Waals surface area contributed by atoms with Gasteiger partial charge >= 0.3 is 5.97 Å². The second-order valence-electron chi connectivity index (χ2n) is 3.67. The molecule has 0 saturated carbocycles. The minimum absolute atomic E-state index is 0.00589. The Hall–Kier alpha value is -1.32. The van der Waals surface area contributed by atoms with E-state index in [1.54, 1.807) is 0 Å². The van der Waals surface area contributed by atoms with Gasteiger partial charge in [0.1, 0.15) is 6.10 Å². The molecule has 0 bridgehead atoms. The fraction of sp³-hybridized carbons (Fsp3) is 0.692. The number of nitrogens with two attached hydrogens (primary N) is 1. The van der Waals surface area contributed by atoms with Gasteiger partial charge in [-0.25, -0.2) is 4.79 Å². The van der Waals surface area contributed by atoms with Crippen LogP contribution in [-0.2, 0) is 14.3 Å². The van der Waals surface area contributed by atoms with Crippen LogP contribution in [0.15, 0.2) is 11.6 Å². The fourth-order valence-electron chi connectivity index (χ4n) is 1.55. The molecule has 4 nitrogen and oxygen atoms in total. The second-order valence-corrected chi connectivity index (χ2v) is 3.67. The maximum Gasteiger partial charge on any atom is 0.338 e. The summed E-state index contributed by atoms with van der Waals surface area (Å²) in [7, 11) is 0. The number of ether oxygens (including phenoxy) is 1. The molecule has 1 heterocycles. The van der Waals surface area contributed by atoms with Gasteiger partial charge in [0.15, 0.2) is 0 Å². The molecule has 2 N–H and O–H groups in total. The molecule has 4 heteroatoms. The minimum Gasteiger partial charge on any atom is -0.454 e. The molecule has 1 fully saturated rings. The molecule has 1 saturated heterocycles. The quantitative estimate of drug-likeness (QED) is 0.441. The summed E-state index contributed by atoms with van der Waals surface area (Å²) in [4.78, 5) is 21.5. The highest BCUT2D eigenvalue weighted by molar-refractivity contribution is 5.95. The molecule has 98 valence electrons. The Bertz CT molecular complexity index is 284. The normalized spacial score (nSPS) is 20.1. The molecule has 0 aromatic heterocycles. The minimum atomic E-state index is -0.267. The van der Waals surface area contributed by atoms with Gasteiger partial charge in [0.25, 0.3) is 0 Å². The predicted molar refractivity (Wildman–Crippen MR) is 67.3 cm³/mol. The van der Waals surface area contributed by atoms with Crippen molar-refractivity contribution in [3.05, 3.63) is 11.6 Å². The molecule has 1 aliphatic heterocycles. The van der Waals surface area contributed by atoms with Crippen LogP contribution in [0.1, 0.15) is 52.9 Å². The van der Waals surface area contributed by atoms with Gasteiger partial charge in [-0.3, -0.25) is 4.79 Å². The van der Waals surface area contributed by atoms with Crippen molar-refractivity contribution in [3.8, 4) is 0 Å². The monoisotopic (exact) mass is 241 g/mol. The molecule has 17 heavy (non-hydrogen) atoms. The Labute approximate surface area is 103 Å². The zero-order valence-electron chi connectivity index (χ0n) is 11.0. The van der Waals surface area contributed by atoms with Crippen LogP contribution in [0.3, 0.4) is 0 Å². The first-order chi connectivity index (χ1) is 8.15. The number of amides is 1. The van der Waals surface area contributed by atoms with E-state index in [1.165, 1.54) is 0 Å². The number of carbonyl (C=O) groups excluding carboxylic acids is 2. The van der Waals surface area contributed by atoms with Crippen LogP contribution in [-0.4, -0.2) is 18.0 Å². The van der Waals surface area contributed by atoms with E-state index < -0.39 is 0 Å². The van der Waals surface area contributed by atoms with Gasteiger partial charge in [0.05, 0.1) is 5.57 Å². The molecule has 1 atom stereocenters. The number of hydrogen-bond acceptors (Lipinski definition) is 3. The van der Waals surface area contributed by atoms with Crippen LogP contribution >= 0.6 is 0 Å². The number of rotatable bonds is 6. The first kappa shape index (κ1) is 15.7. The van der Waals surface area contributed by atoms with E-state index in [-0.39, 0.29) is 18.0 Å². The molecule has 0 aromatic rings. The lowest BCUT2D eigenvalue weighted by Crippen LogP contribution is -2.35. The van der Waals surface area contributed by atoms with E-state index >= 15 is 0 Å². The highest BCUT2D eigenvalue weighted by Crippen LogP contribution is 2.24. The summed E-state index contributed by atoms with van der Waals surface area (Å²) in [6, 6.07) is 0. The van der Waals surface area contributed by atoms with Crippen LogP contribution in [0, 0.1) is 0 Å². The zero-order valence-corrected chi connectivity index (χ0v) is 11.0. The third-order valence-corrected chi connectivity index (χ3v) is 2.44. The summed E-state index contributed by atoms with van der Waals surface area (Å²) in [5.41, 5.74) is 5.80. The Morgan fingerprint density at radius 1 is 1.41 bits per heavy atom. The number of carbonyl (C=O) groups is 2. The van der Waals surface area contributed by atoms with Crippen molar-refractivity contribution in [1.29, 1.82) is 0 Å². The van der Waals surface area contributed by atoms with E-state index in [2.05, 4.69) is 0 Å². The SMILES string of the molecule is CC.CCC1OC(=O)/C1=C/CCCCC(N)=O. The van der Waals surface area contributed by atoms with Crippen LogP contribution in [0.25, 0.3) is 0 Å². The van der Waals surface area contributed by atoms with Gasteiger partial charge in [-0.2, -0.15) is 0 Å². The van der Waals surface area contributed by atoms with E-state index in [0.29, 0.717) is 6.42 Å². The molecular weight excluding hydrogens is 218 g/mol. The summed E-state index contributed by atoms with van der Waals surface area (Å²) >= 11 is 0. The van der Waals surface area contributed by atoms with Crippen molar-refractivity contribution < 1.29 is 14.3 Å². The van der Waals surface area contributed by atoms with E-state index in [0.717, 1.165) is 31.3 Å². The summed E-state index contributed by atoms with van der Waals surface area (Å²) < 4.78 is 4.91. The molecule has 0 aromatic carbocycles. The zero-order chi connectivity index (χ0) is 13.3. The van der Waals surface area contributed by atoms with Gasteiger partial charge < -0.3 is 10.5 Å². The lowest BCUT2D eigenvalue weighted by Gasteiger charge is -2.27. The summed E-state index contributed by atoms with van der Waals surface area (Å²) in [6.07, 6.45) is 5.65. The van der Waals surface area contributed by atoms with Crippen LogP contribution in [0.4, 0.5) is 0 Å². The average molecular weight is 241 g/mol. The maximum atomic E-state index is 11.0. The van der Waals surface area contributed by atoms with Crippen LogP contribution in [0.5, 0.6) is 0 Å². The largest absolute Gasteiger partial charge is 0.454 e. The number of hydrogen-bond donors (Lipinski definition) is 1. The topological polar surface area (TPSA) is 69.4 Å². The summed E-state index contributed by atoms with van der Waals surface area (Å²) in [5, 5.41) is 0. The number of unbranched alkanes of at least 4 members (excludes halogenated alkanes) is 2. The lowest BCUT2D eigenvalue weighted by atomic mass is 10.00. The molecular formula is C13H23NO3. The number of primary amides is 1. The van der Waals surface area contributed by atoms with Gasteiger partial charge in [-0.05, 0) is 25.7 Å². The van der Waals surface area contributed by atoms with Crippen molar-refractivity contribution in [1.82, 2.24) is 0 Å². The molecule has 1 unspecified atom stereocenters. The van der Waals surface area contributed by atoms with Crippen molar-refractivity contribution in [2.75, 3.05) is 0 Å². The van der Waals surface area contributed by atoms with Crippen LogP contribution < -0.4 is 5.73 Å². The number of cyclic esters (lactones) is 1. The molecule has 1 aliphatic rings. The number of esters is 1. The Morgan fingerprint density at radius 2 is 2.06 bits per heavy atom. The first-order valence-corrected chi connectivity index (χ1v) is 6.34. The van der Waals surface area contributed by atoms with E-state index in [1.807, 2.05) is 26.8 Å². The van der Waals surface area contributed by atoms with Crippen molar-refractivity contribution >= 4 is 11.9 Å². The van der Waals surface area contributed by atoms with Gasteiger partial charge in [0.2, 0.25) is 5.91 Å². The Balaban J connectivity index is 0.00000121. The fourth-order valence-corrected chi connectivity index (χ4v) is 1.55. The van der Waals surface area contributed by atoms with E-state index in [4.69, 9.17) is 10.5 Å². The molecule has 0 radical (unpaired) electrons. The lowest BCUT2D eigenvalue weighted by molar-refractivity contribution is -0.156. The van der Waals surface area contributed by atoms with E-state index in [9.17, 15) is 9.59 Å². The third kappa shape index (κ3) is 5.52.